The van der Waals surface area contributed by atoms with Crippen molar-refractivity contribution in [3.8, 4) is 0 Å². The van der Waals surface area contributed by atoms with Crippen molar-refractivity contribution in [2.75, 3.05) is 18.0 Å². The highest BCUT2D eigenvalue weighted by atomic mass is 19.1. The molecule has 1 rings (SSSR count). The zero-order valence-electron chi connectivity index (χ0n) is 9.62. The average Bonchev–Trinajstić information content (AvgIpc) is 2.28. The Morgan fingerprint density at radius 1 is 1.50 bits per heavy atom. The third-order valence-electron chi connectivity index (χ3n) is 2.40. The molecule has 88 valence electrons. The Labute approximate surface area is 96.0 Å². The molecule has 0 saturated carbocycles. The van der Waals surface area contributed by atoms with Gasteiger partial charge in [-0.1, -0.05) is 13.0 Å². The molecule has 3 heteroatoms. The van der Waals surface area contributed by atoms with Crippen LogP contribution in [0.5, 0.6) is 0 Å². The molecule has 1 N–H and O–H groups in total. The summed E-state index contributed by atoms with van der Waals surface area (Å²) in [5.41, 5.74) is 1.50. The van der Waals surface area contributed by atoms with E-state index in [0.29, 0.717) is 12.1 Å². The minimum atomic E-state index is -0.317. The van der Waals surface area contributed by atoms with Crippen LogP contribution in [0.3, 0.4) is 0 Å². The third-order valence-corrected chi connectivity index (χ3v) is 2.40. The van der Waals surface area contributed by atoms with Crippen LogP contribution in [0.2, 0.25) is 0 Å². The Bertz CT molecular complexity index is 352. The number of nitrogens with zero attached hydrogens (tertiary/aromatic N) is 1. The van der Waals surface area contributed by atoms with Crippen molar-refractivity contribution in [1.29, 1.82) is 0 Å². The van der Waals surface area contributed by atoms with Gasteiger partial charge in [-0.3, -0.25) is 0 Å². The Balaban J connectivity index is 3.01. The molecule has 0 aromatic heterocycles. The summed E-state index contributed by atoms with van der Waals surface area (Å²) in [6.45, 7) is 7.20. The fourth-order valence-corrected chi connectivity index (χ4v) is 1.73. The fourth-order valence-electron chi connectivity index (χ4n) is 1.73. The summed E-state index contributed by atoms with van der Waals surface area (Å²) in [6.07, 6.45) is 2.80. The van der Waals surface area contributed by atoms with Crippen molar-refractivity contribution >= 4 is 5.69 Å². The summed E-state index contributed by atoms with van der Waals surface area (Å²) in [4.78, 5) is 2.08. The summed E-state index contributed by atoms with van der Waals surface area (Å²) in [7, 11) is 0. The Kier molecular flexibility index (Phi) is 4.99. The van der Waals surface area contributed by atoms with E-state index in [-0.39, 0.29) is 12.4 Å². The SMILES string of the molecule is C=CCN(CCC)c1ccc(F)cc1CO. The normalized spacial score (nSPS) is 10.2. The van der Waals surface area contributed by atoms with Crippen molar-refractivity contribution in [3.05, 3.63) is 42.2 Å². The first-order valence-corrected chi connectivity index (χ1v) is 5.48. The molecule has 0 amide bonds. The van der Waals surface area contributed by atoms with Gasteiger partial charge in [0.05, 0.1) is 6.61 Å². The van der Waals surface area contributed by atoms with E-state index in [0.717, 1.165) is 18.7 Å². The highest BCUT2D eigenvalue weighted by Crippen LogP contribution is 2.22. The monoisotopic (exact) mass is 223 g/mol. The summed E-state index contributed by atoms with van der Waals surface area (Å²) in [5, 5.41) is 9.21. The maximum atomic E-state index is 13.0. The van der Waals surface area contributed by atoms with Crippen LogP contribution in [-0.2, 0) is 6.61 Å². The number of hydrogen-bond donors (Lipinski definition) is 1. The Morgan fingerprint density at radius 3 is 2.81 bits per heavy atom. The van der Waals surface area contributed by atoms with Gasteiger partial charge in [-0.25, -0.2) is 4.39 Å². The molecule has 0 fully saturated rings. The lowest BCUT2D eigenvalue weighted by Gasteiger charge is -2.25. The quantitative estimate of drug-likeness (QED) is 0.749. The van der Waals surface area contributed by atoms with Gasteiger partial charge in [-0.2, -0.15) is 0 Å². The second-order valence-corrected chi connectivity index (χ2v) is 3.67. The third kappa shape index (κ3) is 3.07. The van der Waals surface area contributed by atoms with Gasteiger partial charge in [0.2, 0.25) is 0 Å². The van der Waals surface area contributed by atoms with Crippen molar-refractivity contribution in [3.63, 3.8) is 0 Å². The molecule has 0 spiro atoms. The standard InChI is InChI=1S/C13H18FNO/c1-3-7-15(8-4-2)13-6-5-12(14)9-11(13)10-16/h3,5-6,9,16H,1,4,7-8,10H2,2H3. The lowest BCUT2D eigenvalue weighted by molar-refractivity contribution is 0.281. The summed E-state index contributed by atoms with van der Waals surface area (Å²) >= 11 is 0. The van der Waals surface area contributed by atoms with Gasteiger partial charge in [0.25, 0.3) is 0 Å². The van der Waals surface area contributed by atoms with Crippen LogP contribution < -0.4 is 4.90 Å². The predicted octanol–water partition coefficient (Wildman–Crippen LogP) is 2.72. The molecule has 2 nitrogen and oxygen atoms in total. The molecule has 0 aliphatic rings. The lowest BCUT2D eigenvalue weighted by atomic mass is 10.1. The van der Waals surface area contributed by atoms with Gasteiger partial charge >= 0.3 is 0 Å². The summed E-state index contributed by atoms with van der Waals surface area (Å²) in [6, 6.07) is 4.50. The number of aliphatic hydroxyl groups excluding tert-OH is 1. The van der Waals surface area contributed by atoms with Crippen molar-refractivity contribution < 1.29 is 9.50 Å². The molecular formula is C13H18FNO. The maximum absolute atomic E-state index is 13.0. The van der Waals surface area contributed by atoms with Gasteiger partial charge in [0, 0.05) is 24.3 Å². The smallest absolute Gasteiger partial charge is 0.123 e. The second-order valence-electron chi connectivity index (χ2n) is 3.67. The predicted molar refractivity (Wildman–Crippen MR) is 65.0 cm³/mol. The minimum absolute atomic E-state index is 0.148. The van der Waals surface area contributed by atoms with Crippen LogP contribution in [-0.4, -0.2) is 18.2 Å². The Morgan fingerprint density at radius 2 is 2.25 bits per heavy atom. The van der Waals surface area contributed by atoms with Crippen molar-refractivity contribution in [2.45, 2.75) is 20.0 Å². The van der Waals surface area contributed by atoms with E-state index >= 15 is 0 Å². The minimum Gasteiger partial charge on any atom is -0.392 e. The van der Waals surface area contributed by atoms with Crippen LogP contribution in [0.15, 0.2) is 30.9 Å². The topological polar surface area (TPSA) is 23.5 Å². The van der Waals surface area contributed by atoms with Gasteiger partial charge in [0.15, 0.2) is 0 Å². The fraction of sp³-hybridized carbons (Fsp3) is 0.385. The first-order valence-electron chi connectivity index (χ1n) is 5.48. The summed E-state index contributed by atoms with van der Waals surface area (Å²) in [5.74, 6) is -0.317. The molecule has 0 saturated heterocycles. The van der Waals surface area contributed by atoms with Gasteiger partial charge < -0.3 is 10.0 Å². The van der Waals surface area contributed by atoms with Gasteiger partial charge in [-0.15, -0.1) is 6.58 Å². The highest BCUT2D eigenvalue weighted by molar-refractivity contribution is 5.54. The van der Waals surface area contributed by atoms with E-state index in [2.05, 4.69) is 18.4 Å². The Hall–Kier alpha value is -1.35. The molecule has 0 atom stereocenters. The zero-order valence-corrected chi connectivity index (χ0v) is 9.62. The number of benzene rings is 1. The maximum Gasteiger partial charge on any atom is 0.123 e. The van der Waals surface area contributed by atoms with Crippen LogP contribution in [0.1, 0.15) is 18.9 Å². The molecule has 0 aliphatic carbocycles. The lowest BCUT2D eigenvalue weighted by Crippen LogP contribution is -2.25. The van der Waals surface area contributed by atoms with E-state index in [1.54, 1.807) is 12.1 Å². The largest absolute Gasteiger partial charge is 0.392 e. The van der Waals surface area contributed by atoms with E-state index in [9.17, 15) is 9.50 Å². The molecule has 1 aromatic rings. The summed E-state index contributed by atoms with van der Waals surface area (Å²) < 4.78 is 13.0. The molecule has 0 heterocycles. The number of hydrogen-bond acceptors (Lipinski definition) is 2. The molecule has 16 heavy (non-hydrogen) atoms. The first kappa shape index (κ1) is 12.7. The van der Waals surface area contributed by atoms with E-state index in [1.165, 1.54) is 12.1 Å². The number of rotatable bonds is 6. The van der Waals surface area contributed by atoms with E-state index in [1.807, 2.05) is 0 Å². The van der Waals surface area contributed by atoms with Gasteiger partial charge in [0.1, 0.15) is 5.82 Å². The van der Waals surface area contributed by atoms with Crippen molar-refractivity contribution in [2.24, 2.45) is 0 Å². The van der Waals surface area contributed by atoms with Crippen LogP contribution in [0, 0.1) is 5.82 Å². The van der Waals surface area contributed by atoms with Gasteiger partial charge in [-0.05, 0) is 24.6 Å². The number of aliphatic hydroxyl groups is 1. The van der Waals surface area contributed by atoms with Crippen molar-refractivity contribution in [1.82, 2.24) is 0 Å². The average molecular weight is 223 g/mol. The highest BCUT2D eigenvalue weighted by Gasteiger charge is 2.09. The van der Waals surface area contributed by atoms with E-state index in [4.69, 9.17) is 0 Å². The zero-order chi connectivity index (χ0) is 12.0. The molecule has 0 aliphatic heterocycles. The number of halogens is 1. The van der Waals surface area contributed by atoms with Crippen LogP contribution >= 0.6 is 0 Å². The molecule has 0 bridgehead atoms. The van der Waals surface area contributed by atoms with Crippen LogP contribution in [0.4, 0.5) is 10.1 Å². The first-order chi connectivity index (χ1) is 7.72. The molecule has 1 aromatic carbocycles. The number of anilines is 1. The molecule has 0 radical (unpaired) electrons. The van der Waals surface area contributed by atoms with E-state index < -0.39 is 0 Å². The molecular weight excluding hydrogens is 205 g/mol. The second kappa shape index (κ2) is 6.28. The molecule has 0 unspecified atom stereocenters. The van der Waals surface area contributed by atoms with Crippen LogP contribution in [0.25, 0.3) is 0 Å².